The summed E-state index contributed by atoms with van der Waals surface area (Å²) >= 11 is 0. The summed E-state index contributed by atoms with van der Waals surface area (Å²) < 4.78 is 2.12. The molecule has 31 heavy (non-hydrogen) atoms. The Bertz CT molecular complexity index is 989. The quantitative estimate of drug-likeness (QED) is 0.761. The van der Waals surface area contributed by atoms with E-state index in [-0.39, 0.29) is 5.56 Å². The van der Waals surface area contributed by atoms with Gasteiger partial charge in [-0.15, -0.1) is 0 Å². The van der Waals surface area contributed by atoms with Crippen molar-refractivity contribution in [2.75, 3.05) is 47.3 Å². The van der Waals surface area contributed by atoms with Crippen molar-refractivity contribution in [1.82, 2.24) is 19.3 Å². The molecule has 1 aromatic heterocycles. The monoisotopic (exact) mass is 420 g/mol. The van der Waals surface area contributed by atoms with Gasteiger partial charge in [-0.1, -0.05) is 24.3 Å². The maximum Gasteiger partial charge on any atom is 0.258 e. The first-order valence-corrected chi connectivity index (χ1v) is 11.9. The standard InChI is InChI=1S/C26H36N4O/c1-27(2)17-20-6-4-5-7-23(20)24-8-9-25-21-14-19(16-30(25)26(24)31)15-29(18-21)22-10-12-28(3)13-11-22/h4-9,19,21-22H,10-18H2,1-3H3. The van der Waals surface area contributed by atoms with Crippen molar-refractivity contribution in [2.45, 2.75) is 44.3 Å². The molecule has 0 spiro atoms. The van der Waals surface area contributed by atoms with Crippen LogP contribution >= 0.6 is 0 Å². The second-order valence-corrected chi connectivity index (χ2v) is 10.3. The predicted octanol–water partition coefficient (Wildman–Crippen LogP) is 3.09. The Morgan fingerprint density at radius 2 is 1.74 bits per heavy atom. The second kappa shape index (κ2) is 8.53. The van der Waals surface area contributed by atoms with Crippen molar-refractivity contribution < 1.29 is 0 Å². The molecule has 5 rings (SSSR count). The van der Waals surface area contributed by atoms with Crippen molar-refractivity contribution >= 4 is 0 Å². The number of benzene rings is 1. The molecular formula is C26H36N4O. The van der Waals surface area contributed by atoms with Crippen LogP contribution in [0.1, 0.15) is 36.4 Å². The molecule has 0 aliphatic carbocycles. The van der Waals surface area contributed by atoms with Gasteiger partial charge >= 0.3 is 0 Å². The van der Waals surface area contributed by atoms with Gasteiger partial charge in [-0.2, -0.15) is 0 Å². The first-order valence-electron chi connectivity index (χ1n) is 11.9. The number of likely N-dealkylation sites (tertiary alicyclic amines) is 2. The lowest BCUT2D eigenvalue weighted by Gasteiger charge is -2.47. The van der Waals surface area contributed by atoms with Gasteiger partial charge in [0.15, 0.2) is 0 Å². The number of rotatable bonds is 4. The molecule has 2 saturated heterocycles. The van der Waals surface area contributed by atoms with Crippen molar-refractivity contribution in [3.63, 3.8) is 0 Å². The largest absolute Gasteiger partial charge is 0.311 e. The number of hydrogen-bond acceptors (Lipinski definition) is 4. The van der Waals surface area contributed by atoms with Crippen LogP contribution in [0.3, 0.4) is 0 Å². The normalized spacial score (nSPS) is 25.0. The van der Waals surface area contributed by atoms with Crippen molar-refractivity contribution in [3.8, 4) is 11.1 Å². The highest BCUT2D eigenvalue weighted by atomic mass is 16.1. The highest BCUT2D eigenvalue weighted by molar-refractivity contribution is 5.66. The van der Waals surface area contributed by atoms with Crippen molar-refractivity contribution in [3.05, 3.63) is 58.0 Å². The van der Waals surface area contributed by atoms with E-state index >= 15 is 0 Å². The molecule has 0 amide bonds. The van der Waals surface area contributed by atoms with Gasteiger partial charge in [0.1, 0.15) is 0 Å². The first kappa shape index (κ1) is 20.9. The maximum absolute atomic E-state index is 13.6. The van der Waals surface area contributed by atoms with E-state index in [0.29, 0.717) is 11.8 Å². The molecule has 2 atom stereocenters. The third-order valence-corrected chi connectivity index (χ3v) is 7.63. The topological polar surface area (TPSA) is 31.7 Å². The molecule has 4 heterocycles. The Kier molecular flexibility index (Phi) is 5.76. The Hall–Kier alpha value is -1.95. The van der Waals surface area contributed by atoms with Crippen LogP contribution in [0.25, 0.3) is 11.1 Å². The van der Waals surface area contributed by atoms with E-state index in [4.69, 9.17) is 0 Å². The third kappa shape index (κ3) is 4.11. The fourth-order valence-corrected chi connectivity index (χ4v) is 6.11. The summed E-state index contributed by atoms with van der Waals surface area (Å²) in [5.74, 6) is 1.09. The zero-order valence-electron chi connectivity index (χ0n) is 19.3. The number of piperidine rings is 2. The van der Waals surface area contributed by atoms with Crippen molar-refractivity contribution in [1.29, 1.82) is 0 Å². The van der Waals surface area contributed by atoms with Crippen LogP contribution in [0.4, 0.5) is 0 Å². The lowest BCUT2D eigenvalue weighted by atomic mass is 9.81. The van der Waals surface area contributed by atoms with Crippen LogP contribution in [0.15, 0.2) is 41.2 Å². The van der Waals surface area contributed by atoms with Crippen LogP contribution in [0.2, 0.25) is 0 Å². The van der Waals surface area contributed by atoms with Gasteiger partial charge in [0.05, 0.1) is 0 Å². The summed E-state index contributed by atoms with van der Waals surface area (Å²) in [5, 5.41) is 0. The number of hydrogen-bond donors (Lipinski definition) is 0. The lowest BCUT2D eigenvalue weighted by molar-refractivity contribution is 0.0517. The van der Waals surface area contributed by atoms with Gasteiger partial charge < -0.3 is 14.4 Å². The number of fused-ring (bicyclic) bond motifs is 4. The molecule has 2 bridgehead atoms. The fraction of sp³-hybridized carbons (Fsp3) is 0.577. The lowest BCUT2D eigenvalue weighted by Crippen LogP contribution is -2.53. The van der Waals surface area contributed by atoms with Gasteiger partial charge in [0, 0.05) is 49.4 Å². The molecule has 3 aliphatic rings. The van der Waals surface area contributed by atoms with E-state index in [0.717, 1.165) is 43.3 Å². The van der Waals surface area contributed by atoms with Gasteiger partial charge in [-0.05, 0) is 82.7 Å². The average molecular weight is 421 g/mol. The zero-order chi connectivity index (χ0) is 21.5. The Morgan fingerprint density at radius 3 is 2.52 bits per heavy atom. The molecule has 166 valence electrons. The maximum atomic E-state index is 13.6. The highest BCUT2D eigenvalue weighted by Gasteiger charge is 2.37. The minimum absolute atomic E-state index is 0.200. The Balaban J connectivity index is 1.44. The summed E-state index contributed by atoms with van der Waals surface area (Å²) in [6, 6.07) is 13.4. The molecule has 5 heteroatoms. The molecule has 3 aliphatic heterocycles. The second-order valence-electron chi connectivity index (χ2n) is 10.3. The van der Waals surface area contributed by atoms with E-state index in [1.807, 2.05) is 6.07 Å². The summed E-state index contributed by atoms with van der Waals surface area (Å²) in [4.78, 5) is 21.0. The zero-order valence-corrected chi connectivity index (χ0v) is 19.3. The minimum Gasteiger partial charge on any atom is -0.311 e. The molecule has 2 fully saturated rings. The van der Waals surface area contributed by atoms with Crippen LogP contribution in [0.5, 0.6) is 0 Å². The van der Waals surface area contributed by atoms with Gasteiger partial charge in [0.2, 0.25) is 0 Å². The molecular weight excluding hydrogens is 384 g/mol. The minimum atomic E-state index is 0.200. The van der Waals surface area contributed by atoms with Gasteiger partial charge in [-0.25, -0.2) is 0 Å². The molecule has 1 aromatic carbocycles. The highest BCUT2D eigenvalue weighted by Crippen LogP contribution is 2.37. The van der Waals surface area contributed by atoms with E-state index in [2.05, 4.69) is 70.7 Å². The summed E-state index contributed by atoms with van der Waals surface area (Å²) in [7, 11) is 6.39. The Labute approximate surface area is 186 Å². The summed E-state index contributed by atoms with van der Waals surface area (Å²) in [5.41, 5.74) is 4.61. The van der Waals surface area contributed by atoms with Gasteiger partial charge in [0.25, 0.3) is 5.56 Å². The van der Waals surface area contributed by atoms with Gasteiger partial charge in [-0.3, -0.25) is 9.69 Å². The van der Waals surface area contributed by atoms with Crippen molar-refractivity contribution in [2.24, 2.45) is 5.92 Å². The first-order chi connectivity index (χ1) is 15.0. The van der Waals surface area contributed by atoms with Crippen LogP contribution in [-0.4, -0.2) is 72.6 Å². The Morgan fingerprint density at radius 1 is 0.968 bits per heavy atom. The smallest absolute Gasteiger partial charge is 0.258 e. The number of aromatic nitrogens is 1. The molecule has 2 aromatic rings. The fourth-order valence-electron chi connectivity index (χ4n) is 6.11. The number of pyridine rings is 1. The van der Waals surface area contributed by atoms with E-state index < -0.39 is 0 Å². The number of nitrogens with zero attached hydrogens (tertiary/aromatic N) is 4. The van der Waals surface area contributed by atoms with E-state index in [1.165, 1.54) is 43.6 Å². The SMILES string of the molecule is CN(C)Cc1ccccc1-c1ccc2n(c1=O)CC1CC2CN(C2CCN(C)CC2)C1. The molecule has 0 radical (unpaired) electrons. The molecule has 0 N–H and O–H groups in total. The summed E-state index contributed by atoms with van der Waals surface area (Å²) in [6.45, 7) is 6.40. The predicted molar refractivity (Wildman–Crippen MR) is 126 cm³/mol. The molecule has 5 nitrogen and oxygen atoms in total. The third-order valence-electron chi connectivity index (χ3n) is 7.63. The molecule has 2 unspecified atom stereocenters. The summed E-state index contributed by atoms with van der Waals surface area (Å²) in [6.07, 6.45) is 3.80. The van der Waals surface area contributed by atoms with Crippen LogP contribution in [0, 0.1) is 5.92 Å². The van der Waals surface area contributed by atoms with Crippen LogP contribution in [-0.2, 0) is 13.1 Å². The van der Waals surface area contributed by atoms with E-state index in [9.17, 15) is 4.79 Å². The average Bonchev–Trinajstić information content (AvgIpc) is 2.75. The molecule has 0 saturated carbocycles. The van der Waals surface area contributed by atoms with Crippen LogP contribution < -0.4 is 5.56 Å². The van der Waals surface area contributed by atoms with E-state index in [1.54, 1.807) is 0 Å².